The summed E-state index contributed by atoms with van der Waals surface area (Å²) >= 11 is 3.32. The van der Waals surface area contributed by atoms with Crippen molar-refractivity contribution >= 4 is 31.9 Å². The van der Waals surface area contributed by atoms with Crippen LogP contribution in [0, 0.1) is 5.92 Å². The predicted octanol–water partition coefficient (Wildman–Crippen LogP) is 3.39. The molecular weight excluding hydrogens is 456 g/mol. The Balaban J connectivity index is 1.57. The van der Waals surface area contributed by atoms with Crippen molar-refractivity contribution < 1.29 is 17.9 Å². The fourth-order valence-corrected chi connectivity index (χ4v) is 5.15. The molecule has 1 aliphatic heterocycles. The van der Waals surface area contributed by atoms with Crippen molar-refractivity contribution in [2.45, 2.75) is 17.7 Å². The Morgan fingerprint density at radius 2 is 1.86 bits per heavy atom. The van der Waals surface area contributed by atoms with E-state index in [4.69, 9.17) is 4.74 Å². The molecule has 156 valence electrons. The third-order valence-electron chi connectivity index (χ3n) is 5.00. The number of para-hydroxylation sites is 1. The summed E-state index contributed by atoms with van der Waals surface area (Å²) in [4.78, 5) is 14.7. The van der Waals surface area contributed by atoms with E-state index in [1.807, 2.05) is 30.3 Å². The van der Waals surface area contributed by atoms with E-state index in [1.165, 1.54) is 4.31 Å². The molecule has 8 heteroatoms. The highest BCUT2D eigenvalue weighted by atomic mass is 79.9. The lowest BCUT2D eigenvalue weighted by molar-refractivity contribution is -0.135. The zero-order valence-corrected chi connectivity index (χ0v) is 18.7. The maximum atomic E-state index is 12.9. The number of hydrogen-bond acceptors (Lipinski definition) is 4. The molecule has 0 aliphatic carbocycles. The molecule has 0 saturated carbocycles. The molecule has 2 aromatic carbocycles. The van der Waals surface area contributed by atoms with Gasteiger partial charge in [-0.25, -0.2) is 8.42 Å². The number of sulfonamides is 1. The van der Waals surface area contributed by atoms with Crippen molar-refractivity contribution in [1.29, 1.82) is 0 Å². The number of halogens is 1. The number of hydrogen-bond donors (Lipinski definition) is 0. The van der Waals surface area contributed by atoms with Gasteiger partial charge in [0.15, 0.2) is 0 Å². The fourth-order valence-electron chi connectivity index (χ4n) is 3.36. The molecular formula is C21H25BrN2O4S. The molecule has 1 atom stereocenters. The summed E-state index contributed by atoms with van der Waals surface area (Å²) in [6.07, 6.45) is 1.36. The molecule has 2 aromatic rings. The Morgan fingerprint density at radius 1 is 1.17 bits per heavy atom. The second-order valence-electron chi connectivity index (χ2n) is 7.08. The van der Waals surface area contributed by atoms with Gasteiger partial charge in [0.05, 0.1) is 17.4 Å². The normalized spacial score (nSPS) is 17.7. The first-order valence-corrected chi connectivity index (χ1v) is 11.8. The van der Waals surface area contributed by atoms with Crippen LogP contribution in [0.3, 0.4) is 0 Å². The van der Waals surface area contributed by atoms with Crippen molar-refractivity contribution in [3.63, 3.8) is 0 Å². The minimum atomic E-state index is -3.61. The average Bonchev–Trinajstić information content (AvgIpc) is 2.74. The van der Waals surface area contributed by atoms with Gasteiger partial charge in [0.2, 0.25) is 15.9 Å². The van der Waals surface area contributed by atoms with Gasteiger partial charge >= 0.3 is 0 Å². The molecule has 1 aliphatic rings. The van der Waals surface area contributed by atoms with Gasteiger partial charge in [0.25, 0.3) is 0 Å². The molecule has 0 bridgehead atoms. The van der Waals surface area contributed by atoms with Crippen LogP contribution in [0.1, 0.15) is 12.8 Å². The molecule has 1 saturated heterocycles. The summed E-state index contributed by atoms with van der Waals surface area (Å²) in [6.45, 7) is 1.48. The number of piperidine rings is 1. The maximum Gasteiger partial charge on any atom is 0.243 e. The van der Waals surface area contributed by atoms with E-state index in [0.717, 1.165) is 10.2 Å². The largest absolute Gasteiger partial charge is 0.492 e. The van der Waals surface area contributed by atoms with E-state index in [1.54, 1.807) is 36.2 Å². The van der Waals surface area contributed by atoms with Crippen LogP contribution in [-0.4, -0.2) is 56.8 Å². The summed E-state index contributed by atoms with van der Waals surface area (Å²) in [7, 11) is -1.87. The number of carbonyl (C=O) groups excluding carboxylic acids is 1. The zero-order chi connectivity index (χ0) is 20.9. The topological polar surface area (TPSA) is 66.9 Å². The van der Waals surface area contributed by atoms with Crippen LogP contribution in [-0.2, 0) is 14.8 Å². The van der Waals surface area contributed by atoms with Crippen molar-refractivity contribution in [3.8, 4) is 5.75 Å². The Labute approximate surface area is 180 Å². The first-order chi connectivity index (χ1) is 13.9. The van der Waals surface area contributed by atoms with Crippen molar-refractivity contribution in [2.75, 3.05) is 33.3 Å². The van der Waals surface area contributed by atoms with Crippen LogP contribution in [0.2, 0.25) is 0 Å². The van der Waals surface area contributed by atoms with Gasteiger partial charge in [-0.3, -0.25) is 4.79 Å². The highest BCUT2D eigenvalue weighted by molar-refractivity contribution is 9.10. The molecule has 3 rings (SSSR count). The Kier molecular flexibility index (Phi) is 7.32. The molecule has 0 radical (unpaired) electrons. The molecule has 0 N–H and O–H groups in total. The second-order valence-corrected chi connectivity index (χ2v) is 9.93. The van der Waals surface area contributed by atoms with Crippen LogP contribution in [0.25, 0.3) is 0 Å². The highest BCUT2D eigenvalue weighted by Crippen LogP contribution is 2.25. The molecule has 6 nitrogen and oxygen atoms in total. The lowest BCUT2D eigenvalue weighted by Crippen LogP contribution is -2.46. The molecule has 1 amide bonds. The first-order valence-electron chi connectivity index (χ1n) is 9.56. The third kappa shape index (κ3) is 5.58. The number of nitrogens with zero attached hydrogens (tertiary/aromatic N) is 2. The highest BCUT2D eigenvalue weighted by Gasteiger charge is 2.34. The van der Waals surface area contributed by atoms with Gasteiger partial charge in [-0.05, 0) is 49.2 Å². The lowest BCUT2D eigenvalue weighted by Gasteiger charge is -2.33. The smallest absolute Gasteiger partial charge is 0.243 e. The molecule has 0 aromatic heterocycles. The SMILES string of the molecule is CN(CCOc1ccccc1)C(=O)C1CCCN(S(=O)(=O)c2ccc(Br)cc2)C1. The van der Waals surface area contributed by atoms with Gasteiger partial charge in [0, 0.05) is 24.6 Å². The van der Waals surface area contributed by atoms with Crippen molar-refractivity contribution in [3.05, 3.63) is 59.1 Å². The summed E-state index contributed by atoms with van der Waals surface area (Å²) in [5, 5.41) is 0. The number of rotatable bonds is 7. The van der Waals surface area contributed by atoms with Crippen molar-refractivity contribution in [2.24, 2.45) is 5.92 Å². The molecule has 1 fully saturated rings. The molecule has 1 unspecified atom stereocenters. The fraction of sp³-hybridized carbons (Fsp3) is 0.381. The Morgan fingerprint density at radius 3 is 2.55 bits per heavy atom. The number of benzene rings is 2. The minimum absolute atomic E-state index is 0.0441. The first kappa shape index (κ1) is 21.8. The van der Waals surface area contributed by atoms with Crippen LogP contribution in [0.5, 0.6) is 5.75 Å². The van der Waals surface area contributed by atoms with Crippen LogP contribution < -0.4 is 4.74 Å². The van der Waals surface area contributed by atoms with E-state index in [-0.39, 0.29) is 23.3 Å². The number of amides is 1. The standard InChI is InChI=1S/C21H25BrN2O4S/c1-23(14-15-28-19-7-3-2-4-8-19)21(25)17-6-5-13-24(16-17)29(26,27)20-11-9-18(22)10-12-20/h2-4,7-12,17H,5-6,13-16H2,1H3. The summed E-state index contributed by atoms with van der Waals surface area (Å²) in [6, 6.07) is 16.0. The number of likely N-dealkylation sites (N-methyl/N-ethyl adjacent to an activating group) is 1. The molecule has 1 heterocycles. The summed E-state index contributed by atoms with van der Waals surface area (Å²) in [5.41, 5.74) is 0. The Bertz CT molecular complexity index is 919. The summed E-state index contributed by atoms with van der Waals surface area (Å²) < 4.78 is 33.8. The van der Waals surface area contributed by atoms with Gasteiger partial charge in [0.1, 0.15) is 12.4 Å². The lowest BCUT2D eigenvalue weighted by atomic mass is 9.98. The second kappa shape index (κ2) is 9.73. The van der Waals surface area contributed by atoms with Gasteiger partial charge < -0.3 is 9.64 Å². The number of ether oxygens (including phenoxy) is 1. The van der Waals surface area contributed by atoms with Crippen LogP contribution in [0.15, 0.2) is 64.0 Å². The van der Waals surface area contributed by atoms with Gasteiger partial charge in [-0.1, -0.05) is 34.1 Å². The minimum Gasteiger partial charge on any atom is -0.492 e. The van der Waals surface area contributed by atoms with Gasteiger partial charge in [-0.2, -0.15) is 4.31 Å². The van der Waals surface area contributed by atoms with Crippen LogP contribution in [0.4, 0.5) is 0 Å². The predicted molar refractivity (Wildman–Crippen MR) is 115 cm³/mol. The van der Waals surface area contributed by atoms with Gasteiger partial charge in [-0.15, -0.1) is 0 Å². The third-order valence-corrected chi connectivity index (χ3v) is 7.41. The monoisotopic (exact) mass is 480 g/mol. The van der Waals surface area contributed by atoms with Crippen molar-refractivity contribution in [1.82, 2.24) is 9.21 Å². The van der Waals surface area contributed by atoms with E-state index < -0.39 is 10.0 Å². The average molecular weight is 481 g/mol. The maximum absolute atomic E-state index is 12.9. The van der Waals surface area contributed by atoms with E-state index in [9.17, 15) is 13.2 Å². The van der Waals surface area contributed by atoms with Crippen LogP contribution >= 0.6 is 15.9 Å². The summed E-state index contributed by atoms with van der Waals surface area (Å²) in [5.74, 6) is 0.380. The quantitative estimate of drug-likeness (QED) is 0.608. The molecule has 0 spiro atoms. The number of carbonyl (C=O) groups is 1. The zero-order valence-electron chi connectivity index (χ0n) is 16.3. The molecule has 29 heavy (non-hydrogen) atoms. The Hall–Kier alpha value is -1.90. The van der Waals surface area contributed by atoms with E-state index >= 15 is 0 Å². The van der Waals surface area contributed by atoms with E-state index in [2.05, 4.69) is 15.9 Å². The van der Waals surface area contributed by atoms with E-state index in [0.29, 0.717) is 32.5 Å².